The lowest BCUT2D eigenvalue weighted by Crippen LogP contribution is -2.26. The zero-order chi connectivity index (χ0) is 12.5. The first kappa shape index (κ1) is 11.0. The van der Waals surface area contributed by atoms with Crippen molar-refractivity contribution in [2.24, 2.45) is 0 Å². The highest BCUT2D eigenvalue weighted by Crippen LogP contribution is 2.38. The summed E-state index contributed by atoms with van der Waals surface area (Å²) < 4.78 is 5.32. The van der Waals surface area contributed by atoms with Crippen molar-refractivity contribution in [2.75, 3.05) is 0 Å². The van der Waals surface area contributed by atoms with Crippen LogP contribution in [0.25, 0.3) is 0 Å². The number of cyclic esters (lactones) is 1. The Morgan fingerprint density at radius 2 is 1.61 bits per heavy atom. The van der Waals surface area contributed by atoms with Crippen molar-refractivity contribution in [1.82, 2.24) is 0 Å². The van der Waals surface area contributed by atoms with Crippen LogP contribution in [0.5, 0.6) is 0 Å². The van der Waals surface area contributed by atoms with Gasteiger partial charge in [0.2, 0.25) is 0 Å². The summed E-state index contributed by atoms with van der Waals surface area (Å²) in [4.78, 5) is 11.9. The molecule has 18 heavy (non-hydrogen) atoms. The van der Waals surface area contributed by atoms with Crippen LogP contribution in [0.3, 0.4) is 0 Å². The van der Waals surface area contributed by atoms with E-state index < -0.39 is 12.2 Å². The van der Waals surface area contributed by atoms with Gasteiger partial charge in [0.25, 0.3) is 0 Å². The highest BCUT2D eigenvalue weighted by atomic mass is 16.6. The SMILES string of the molecule is O=C1OC(c2ccccc2)C(O)c2ccccc21. The van der Waals surface area contributed by atoms with Gasteiger partial charge in [0.1, 0.15) is 6.10 Å². The standard InChI is InChI=1S/C15H12O3/c16-13-11-8-4-5-9-12(11)15(17)18-14(13)10-6-2-1-3-7-10/h1-9,13-14,16H. The number of aliphatic hydroxyl groups is 1. The van der Waals surface area contributed by atoms with Crippen LogP contribution in [-0.2, 0) is 4.74 Å². The number of hydrogen-bond acceptors (Lipinski definition) is 3. The Hall–Kier alpha value is -2.13. The first-order chi connectivity index (χ1) is 8.77. The molecule has 2 atom stereocenters. The predicted molar refractivity (Wildman–Crippen MR) is 66.0 cm³/mol. The third kappa shape index (κ3) is 1.69. The van der Waals surface area contributed by atoms with Crippen LogP contribution in [0.1, 0.15) is 33.7 Å². The van der Waals surface area contributed by atoms with Crippen molar-refractivity contribution in [2.45, 2.75) is 12.2 Å². The molecule has 2 unspecified atom stereocenters. The van der Waals surface area contributed by atoms with E-state index in [0.29, 0.717) is 11.1 Å². The predicted octanol–water partition coefficient (Wildman–Crippen LogP) is 2.63. The lowest BCUT2D eigenvalue weighted by Gasteiger charge is -2.29. The number of carbonyl (C=O) groups excluding carboxylic acids is 1. The van der Waals surface area contributed by atoms with Gasteiger partial charge in [0, 0.05) is 0 Å². The van der Waals surface area contributed by atoms with E-state index in [1.165, 1.54) is 0 Å². The number of hydrogen-bond donors (Lipinski definition) is 1. The van der Waals surface area contributed by atoms with Crippen molar-refractivity contribution in [3.63, 3.8) is 0 Å². The number of carbonyl (C=O) groups is 1. The molecule has 0 aliphatic carbocycles. The fourth-order valence-electron chi connectivity index (χ4n) is 2.24. The number of benzene rings is 2. The zero-order valence-corrected chi connectivity index (χ0v) is 9.61. The van der Waals surface area contributed by atoms with Gasteiger partial charge < -0.3 is 9.84 Å². The topological polar surface area (TPSA) is 46.5 Å². The second kappa shape index (κ2) is 4.27. The molecular weight excluding hydrogens is 228 g/mol. The second-order valence-electron chi connectivity index (χ2n) is 4.27. The fourth-order valence-corrected chi connectivity index (χ4v) is 2.24. The van der Waals surface area contributed by atoms with Crippen LogP contribution >= 0.6 is 0 Å². The number of ether oxygens (including phenoxy) is 1. The molecule has 0 amide bonds. The smallest absolute Gasteiger partial charge is 0.339 e. The van der Waals surface area contributed by atoms with E-state index in [9.17, 15) is 9.90 Å². The van der Waals surface area contributed by atoms with E-state index in [1.807, 2.05) is 36.4 Å². The van der Waals surface area contributed by atoms with Crippen molar-refractivity contribution in [3.05, 3.63) is 71.3 Å². The molecule has 3 heteroatoms. The summed E-state index contributed by atoms with van der Waals surface area (Å²) >= 11 is 0. The first-order valence-corrected chi connectivity index (χ1v) is 5.80. The molecule has 1 aliphatic rings. The maximum Gasteiger partial charge on any atom is 0.339 e. The fraction of sp³-hybridized carbons (Fsp3) is 0.133. The van der Waals surface area contributed by atoms with Crippen LogP contribution in [0.4, 0.5) is 0 Å². The summed E-state index contributed by atoms with van der Waals surface area (Å²) in [6.45, 7) is 0. The summed E-state index contributed by atoms with van der Waals surface area (Å²) in [5.74, 6) is -0.384. The number of rotatable bonds is 1. The summed E-state index contributed by atoms with van der Waals surface area (Å²) in [5, 5.41) is 10.3. The third-order valence-electron chi connectivity index (χ3n) is 3.15. The summed E-state index contributed by atoms with van der Waals surface area (Å²) in [6, 6.07) is 16.3. The van der Waals surface area contributed by atoms with Crippen LogP contribution < -0.4 is 0 Å². The van der Waals surface area contributed by atoms with Gasteiger partial charge >= 0.3 is 5.97 Å². The largest absolute Gasteiger partial charge is 0.451 e. The molecular formula is C15H12O3. The van der Waals surface area contributed by atoms with Gasteiger partial charge in [-0.2, -0.15) is 0 Å². The van der Waals surface area contributed by atoms with E-state index in [-0.39, 0.29) is 5.97 Å². The average molecular weight is 240 g/mol. The van der Waals surface area contributed by atoms with E-state index >= 15 is 0 Å². The van der Waals surface area contributed by atoms with E-state index in [2.05, 4.69) is 0 Å². The van der Waals surface area contributed by atoms with Gasteiger partial charge in [-0.15, -0.1) is 0 Å². The molecule has 90 valence electrons. The minimum Gasteiger partial charge on any atom is -0.451 e. The molecule has 0 aromatic heterocycles. The molecule has 0 radical (unpaired) electrons. The van der Waals surface area contributed by atoms with Crippen LogP contribution in [0, 0.1) is 0 Å². The summed E-state index contributed by atoms with van der Waals surface area (Å²) in [7, 11) is 0. The van der Waals surface area contributed by atoms with Gasteiger partial charge in [0.05, 0.1) is 5.56 Å². The van der Waals surface area contributed by atoms with Gasteiger partial charge in [0.15, 0.2) is 6.10 Å². The summed E-state index contributed by atoms with van der Waals surface area (Å²) in [6.07, 6.45) is -1.45. The monoisotopic (exact) mass is 240 g/mol. The molecule has 1 aliphatic heterocycles. The lowest BCUT2D eigenvalue weighted by molar-refractivity contribution is -0.0306. The highest BCUT2D eigenvalue weighted by molar-refractivity contribution is 5.92. The van der Waals surface area contributed by atoms with Gasteiger partial charge in [-0.1, -0.05) is 48.5 Å². The van der Waals surface area contributed by atoms with Crippen molar-refractivity contribution < 1.29 is 14.6 Å². The quantitative estimate of drug-likeness (QED) is 0.779. The molecule has 0 fully saturated rings. The van der Waals surface area contributed by atoms with Crippen molar-refractivity contribution in [1.29, 1.82) is 0 Å². The minimum absolute atomic E-state index is 0.384. The normalized spacial score (nSPS) is 22.2. The molecule has 0 saturated carbocycles. The Bertz CT molecular complexity index is 577. The minimum atomic E-state index is -0.818. The van der Waals surface area contributed by atoms with E-state index in [4.69, 9.17) is 4.74 Å². The number of fused-ring (bicyclic) bond motifs is 1. The molecule has 0 bridgehead atoms. The molecule has 1 heterocycles. The number of aliphatic hydroxyl groups excluding tert-OH is 1. The summed E-state index contributed by atoms with van der Waals surface area (Å²) in [5.41, 5.74) is 1.87. The maximum absolute atomic E-state index is 11.9. The maximum atomic E-state index is 11.9. The molecule has 1 N–H and O–H groups in total. The van der Waals surface area contributed by atoms with Gasteiger partial charge in [-0.25, -0.2) is 4.79 Å². The Kier molecular flexibility index (Phi) is 2.61. The third-order valence-corrected chi connectivity index (χ3v) is 3.15. The van der Waals surface area contributed by atoms with Crippen molar-refractivity contribution >= 4 is 5.97 Å². The van der Waals surface area contributed by atoms with E-state index in [1.54, 1.807) is 18.2 Å². The number of esters is 1. The van der Waals surface area contributed by atoms with Crippen molar-refractivity contribution in [3.8, 4) is 0 Å². The molecule has 2 aromatic rings. The molecule has 0 spiro atoms. The van der Waals surface area contributed by atoms with Crippen LogP contribution in [-0.4, -0.2) is 11.1 Å². The average Bonchev–Trinajstić information content (AvgIpc) is 2.44. The van der Waals surface area contributed by atoms with Crippen LogP contribution in [0.15, 0.2) is 54.6 Å². The lowest BCUT2D eigenvalue weighted by atomic mass is 9.92. The molecule has 3 rings (SSSR count). The Labute approximate surface area is 105 Å². The Balaban J connectivity index is 2.05. The Morgan fingerprint density at radius 3 is 2.39 bits per heavy atom. The Morgan fingerprint density at radius 1 is 0.944 bits per heavy atom. The van der Waals surface area contributed by atoms with E-state index in [0.717, 1.165) is 5.56 Å². The zero-order valence-electron chi connectivity index (χ0n) is 9.61. The van der Waals surface area contributed by atoms with Gasteiger partial charge in [-0.05, 0) is 17.2 Å². The molecule has 0 saturated heterocycles. The molecule has 3 nitrogen and oxygen atoms in total. The highest BCUT2D eigenvalue weighted by Gasteiger charge is 2.34. The van der Waals surface area contributed by atoms with Gasteiger partial charge in [-0.3, -0.25) is 0 Å². The van der Waals surface area contributed by atoms with Crippen LogP contribution in [0.2, 0.25) is 0 Å². The molecule has 2 aromatic carbocycles. The first-order valence-electron chi connectivity index (χ1n) is 5.80. The second-order valence-corrected chi connectivity index (χ2v) is 4.27.